The van der Waals surface area contributed by atoms with Gasteiger partial charge in [0.25, 0.3) is 0 Å². The second-order valence-electron chi connectivity index (χ2n) is 10.6. The van der Waals surface area contributed by atoms with Gasteiger partial charge in [-0.2, -0.15) is 13.2 Å². The summed E-state index contributed by atoms with van der Waals surface area (Å²) in [5.41, 5.74) is 2.30. The van der Waals surface area contributed by atoms with Crippen LogP contribution in [0.1, 0.15) is 18.9 Å². The van der Waals surface area contributed by atoms with Gasteiger partial charge in [0.1, 0.15) is 5.75 Å². The Morgan fingerprint density at radius 3 is 2.67 bits per heavy atom. The van der Waals surface area contributed by atoms with Crippen LogP contribution in [-0.2, 0) is 0 Å². The van der Waals surface area contributed by atoms with Crippen molar-refractivity contribution in [1.82, 2.24) is 19.9 Å². The van der Waals surface area contributed by atoms with Crippen molar-refractivity contribution in [2.75, 3.05) is 30.3 Å². The fourth-order valence-electron chi connectivity index (χ4n) is 5.19. The van der Waals surface area contributed by atoms with Crippen LogP contribution >= 0.6 is 0 Å². The Kier molecular flexibility index (Phi) is 8.53. The first-order valence-electron chi connectivity index (χ1n) is 13.7. The molecule has 3 atom stereocenters. The number of nitrogens with one attached hydrogen (secondary N) is 2. The van der Waals surface area contributed by atoms with Crippen molar-refractivity contribution < 1.29 is 32.9 Å². The molecular formula is C30H31F3N6O4. The first kappa shape index (κ1) is 29.8. The van der Waals surface area contributed by atoms with E-state index >= 15 is 0 Å². The third kappa shape index (κ3) is 6.88. The van der Waals surface area contributed by atoms with Crippen LogP contribution in [0.2, 0.25) is 0 Å². The Morgan fingerprint density at radius 1 is 1.09 bits per heavy atom. The molecule has 3 heterocycles. The summed E-state index contributed by atoms with van der Waals surface area (Å²) in [5, 5.41) is 26.1. The van der Waals surface area contributed by atoms with E-state index in [4.69, 9.17) is 4.74 Å². The lowest BCUT2D eigenvalue weighted by Crippen LogP contribution is -2.47. The maximum Gasteiger partial charge on any atom is 0.416 e. The molecule has 2 aromatic carbocycles. The lowest BCUT2D eigenvalue weighted by Gasteiger charge is -2.35. The molecule has 4 aromatic rings. The second-order valence-corrected chi connectivity index (χ2v) is 10.6. The number of aryl methyl sites for hydroxylation is 1. The number of pyridine rings is 1. The number of amides is 1. The van der Waals surface area contributed by atoms with E-state index in [0.717, 1.165) is 12.0 Å². The van der Waals surface area contributed by atoms with Crippen LogP contribution in [0, 0.1) is 12.8 Å². The zero-order valence-corrected chi connectivity index (χ0v) is 23.5. The number of rotatable bonds is 8. The van der Waals surface area contributed by atoms with Gasteiger partial charge in [-0.05, 0) is 49.1 Å². The van der Waals surface area contributed by atoms with E-state index in [9.17, 15) is 28.2 Å². The minimum atomic E-state index is -4.73. The first-order valence-corrected chi connectivity index (χ1v) is 13.7. The van der Waals surface area contributed by atoms with E-state index in [1.54, 1.807) is 60.9 Å². The minimum Gasteiger partial charge on any atom is -0.465 e. The lowest BCUT2D eigenvalue weighted by atomic mass is 9.96. The number of aliphatic hydroxyl groups excluding tert-OH is 1. The molecule has 43 heavy (non-hydrogen) atoms. The van der Waals surface area contributed by atoms with Crippen molar-refractivity contribution >= 4 is 28.5 Å². The fraction of sp³-hybridized carbons (Fsp3) is 0.333. The van der Waals surface area contributed by atoms with Crippen molar-refractivity contribution in [3.8, 4) is 22.9 Å². The number of aromatic nitrogens is 3. The topological polar surface area (TPSA) is 133 Å². The number of halogens is 3. The maximum atomic E-state index is 12.9. The normalized spacial score (nSPS) is 17.9. The molecule has 0 aliphatic carbocycles. The SMILES string of the molecule is Cc1ccc2c(NCC(O)C(F)(F)F)cccc2c1Oc1ncccc1-c1ccnc(NC2CC(C)CN(C(=O)O)C2)n1. The molecular weight excluding hydrogens is 565 g/mol. The van der Waals surface area contributed by atoms with Gasteiger partial charge in [0.2, 0.25) is 11.8 Å². The van der Waals surface area contributed by atoms with Crippen molar-refractivity contribution in [2.45, 2.75) is 38.6 Å². The molecule has 0 radical (unpaired) electrons. The minimum absolute atomic E-state index is 0.155. The number of hydrogen-bond donors (Lipinski definition) is 4. The Balaban J connectivity index is 1.42. The third-order valence-electron chi connectivity index (χ3n) is 7.24. The van der Waals surface area contributed by atoms with Gasteiger partial charge < -0.3 is 30.5 Å². The zero-order valence-electron chi connectivity index (χ0n) is 23.5. The number of piperidine rings is 1. The monoisotopic (exact) mass is 596 g/mol. The number of carboxylic acid groups (broad SMARTS) is 1. The number of ether oxygens (including phenoxy) is 1. The van der Waals surface area contributed by atoms with E-state index in [1.807, 2.05) is 13.8 Å². The molecule has 3 unspecified atom stereocenters. The van der Waals surface area contributed by atoms with Crippen molar-refractivity contribution in [1.29, 1.82) is 0 Å². The number of alkyl halides is 3. The smallest absolute Gasteiger partial charge is 0.416 e. The van der Waals surface area contributed by atoms with Gasteiger partial charge in [0.05, 0.1) is 11.3 Å². The van der Waals surface area contributed by atoms with E-state index in [0.29, 0.717) is 52.5 Å². The van der Waals surface area contributed by atoms with E-state index in [1.165, 1.54) is 4.90 Å². The highest BCUT2D eigenvalue weighted by molar-refractivity contribution is 5.98. The Hall–Kier alpha value is -4.65. The van der Waals surface area contributed by atoms with Crippen LogP contribution in [0.15, 0.2) is 60.9 Å². The van der Waals surface area contributed by atoms with Gasteiger partial charge in [-0.15, -0.1) is 0 Å². The standard InChI is InChI=1S/C30H31F3N6O4/c1-17-13-19(16-39(15-17)29(41)42)37-28-35-12-10-24(38-28)22-6-4-11-34-27(22)43-26-18(2)8-9-20-21(26)5-3-7-23(20)36-14-25(40)30(31,32)33/h3-12,17,19,25,36,40H,13-16H2,1-2H3,(H,41,42)(H,35,37,38). The highest BCUT2D eigenvalue weighted by Crippen LogP contribution is 2.38. The number of nitrogens with zero attached hydrogens (tertiary/aromatic N) is 4. The molecule has 0 bridgehead atoms. The summed E-state index contributed by atoms with van der Waals surface area (Å²) in [4.78, 5) is 26.4. The molecule has 1 fully saturated rings. The van der Waals surface area contributed by atoms with Crippen LogP contribution in [0.4, 0.5) is 29.6 Å². The summed E-state index contributed by atoms with van der Waals surface area (Å²) in [5.74, 6) is 1.25. The number of aliphatic hydroxyl groups is 1. The molecule has 1 aliphatic rings. The van der Waals surface area contributed by atoms with E-state index in [-0.39, 0.29) is 17.8 Å². The molecule has 1 aliphatic heterocycles. The average molecular weight is 597 g/mol. The lowest BCUT2D eigenvalue weighted by molar-refractivity contribution is -0.198. The number of anilines is 2. The van der Waals surface area contributed by atoms with Crippen molar-refractivity contribution in [3.63, 3.8) is 0 Å². The molecule has 1 saturated heterocycles. The second kappa shape index (κ2) is 12.3. The van der Waals surface area contributed by atoms with Crippen LogP contribution in [-0.4, -0.2) is 74.1 Å². The van der Waals surface area contributed by atoms with E-state index in [2.05, 4.69) is 25.6 Å². The predicted octanol–water partition coefficient (Wildman–Crippen LogP) is 5.93. The Morgan fingerprint density at radius 2 is 1.91 bits per heavy atom. The number of hydrogen-bond acceptors (Lipinski definition) is 8. The molecule has 1 amide bonds. The molecule has 5 rings (SSSR count). The van der Waals surface area contributed by atoms with Crippen LogP contribution < -0.4 is 15.4 Å². The molecule has 226 valence electrons. The van der Waals surface area contributed by atoms with E-state index < -0.39 is 24.9 Å². The van der Waals surface area contributed by atoms with Crippen LogP contribution in [0.5, 0.6) is 11.6 Å². The summed E-state index contributed by atoms with van der Waals surface area (Å²) in [6.45, 7) is 3.95. The predicted molar refractivity (Wildman–Crippen MR) is 155 cm³/mol. The molecule has 13 heteroatoms. The number of likely N-dealkylation sites (tertiary alicyclic amines) is 1. The van der Waals surface area contributed by atoms with Gasteiger partial charge in [-0.3, -0.25) is 0 Å². The molecule has 0 spiro atoms. The highest BCUT2D eigenvalue weighted by Gasteiger charge is 2.38. The van der Waals surface area contributed by atoms with Gasteiger partial charge in [-0.1, -0.05) is 31.2 Å². The summed E-state index contributed by atoms with van der Waals surface area (Å²) in [6, 6.07) is 13.8. The fourth-order valence-corrected chi connectivity index (χ4v) is 5.19. The number of fused-ring (bicyclic) bond motifs is 1. The third-order valence-corrected chi connectivity index (χ3v) is 7.24. The number of benzene rings is 2. The summed E-state index contributed by atoms with van der Waals surface area (Å²) >= 11 is 0. The molecule has 4 N–H and O–H groups in total. The van der Waals surface area contributed by atoms with Gasteiger partial charge >= 0.3 is 12.3 Å². The van der Waals surface area contributed by atoms with Gasteiger partial charge in [-0.25, -0.2) is 19.7 Å². The van der Waals surface area contributed by atoms with Gasteiger partial charge in [0, 0.05) is 54.5 Å². The largest absolute Gasteiger partial charge is 0.465 e. The summed E-state index contributed by atoms with van der Waals surface area (Å²) in [7, 11) is 0. The maximum absolute atomic E-state index is 12.9. The zero-order chi connectivity index (χ0) is 30.7. The van der Waals surface area contributed by atoms with Gasteiger partial charge in [0.15, 0.2) is 6.10 Å². The molecule has 10 nitrogen and oxygen atoms in total. The number of carbonyl (C=O) groups is 1. The summed E-state index contributed by atoms with van der Waals surface area (Å²) < 4.78 is 44.9. The molecule has 2 aromatic heterocycles. The summed E-state index contributed by atoms with van der Waals surface area (Å²) in [6.07, 6.45) is -4.26. The Labute approximate surface area is 245 Å². The first-order chi connectivity index (χ1) is 20.5. The highest BCUT2D eigenvalue weighted by atomic mass is 19.4. The van der Waals surface area contributed by atoms with Crippen LogP contribution in [0.25, 0.3) is 22.0 Å². The van der Waals surface area contributed by atoms with Crippen molar-refractivity contribution in [3.05, 3.63) is 66.5 Å². The molecule has 0 saturated carbocycles. The average Bonchev–Trinajstić information content (AvgIpc) is 2.96. The quantitative estimate of drug-likeness (QED) is 0.195. The Bertz CT molecular complexity index is 1620. The van der Waals surface area contributed by atoms with Crippen molar-refractivity contribution in [2.24, 2.45) is 5.92 Å². The van der Waals surface area contributed by atoms with Crippen LogP contribution in [0.3, 0.4) is 0 Å².